The molecule has 2 rings (SSSR count). The van der Waals surface area contributed by atoms with E-state index >= 15 is 0 Å². The van der Waals surface area contributed by atoms with Crippen LogP contribution in [-0.2, 0) is 14.3 Å². The van der Waals surface area contributed by atoms with Gasteiger partial charge in [0.15, 0.2) is 0 Å². The van der Waals surface area contributed by atoms with Gasteiger partial charge in [0.2, 0.25) is 5.91 Å². The van der Waals surface area contributed by atoms with E-state index < -0.39 is 17.9 Å². The fourth-order valence-electron chi connectivity index (χ4n) is 2.20. The van der Waals surface area contributed by atoms with Crippen molar-refractivity contribution in [1.29, 1.82) is 0 Å². The molecule has 1 unspecified atom stereocenters. The van der Waals surface area contributed by atoms with Gasteiger partial charge in [-0.05, 0) is 41.5 Å². The quantitative estimate of drug-likeness (QED) is 0.627. The second-order valence-corrected chi connectivity index (χ2v) is 5.72. The van der Waals surface area contributed by atoms with Crippen molar-refractivity contribution in [3.63, 3.8) is 0 Å². The first-order valence-electron chi connectivity index (χ1n) is 7.54. The van der Waals surface area contributed by atoms with Crippen LogP contribution in [0.2, 0.25) is 5.02 Å². The van der Waals surface area contributed by atoms with Crippen molar-refractivity contribution < 1.29 is 18.7 Å². The fourth-order valence-corrected chi connectivity index (χ4v) is 2.33. The Morgan fingerprint density at radius 3 is 2.60 bits per heavy atom. The molecular weight excluding hydrogens is 345 g/mol. The van der Waals surface area contributed by atoms with Gasteiger partial charge in [0.25, 0.3) is 0 Å². The van der Waals surface area contributed by atoms with Crippen LogP contribution in [0, 0.1) is 5.82 Å². The van der Waals surface area contributed by atoms with Crippen LogP contribution in [0.1, 0.15) is 23.6 Å². The van der Waals surface area contributed by atoms with Crippen LogP contribution in [0.5, 0.6) is 0 Å². The molecule has 6 heteroatoms. The van der Waals surface area contributed by atoms with Crippen molar-refractivity contribution in [2.45, 2.75) is 12.5 Å². The second kappa shape index (κ2) is 8.99. The van der Waals surface area contributed by atoms with Crippen molar-refractivity contribution in [1.82, 2.24) is 5.32 Å². The maximum absolute atomic E-state index is 13.1. The van der Waals surface area contributed by atoms with E-state index in [-0.39, 0.29) is 12.2 Å². The van der Waals surface area contributed by atoms with Crippen LogP contribution in [-0.4, -0.2) is 19.0 Å². The van der Waals surface area contributed by atoms with Gasteiger partial charge in [-0.3, -0.25) is 9.59 Å². The molecule has 1 amide bonds. The van der Waals surface area contributed by atoms with Gasteiger partial charge in [0, 0.05) is 11.1 Å². The van der Waals surface area contributed by atoms with Gasteiger partial charge in [0.1, 0.15) is 5.82 Å². The number of benzene rings is 2. The summed E-state index contributed by atoms with van der Waals surface area (Å²) >= 11 is 5.86. The van der Waals surface area contributed by atoms with E-state index in [1.807, 2.05) is 0 Å². The van der Waals surface area contributed by atoms with Gasteiger partial charge >= 0.3 is 5.97 Å². The van der Waals surface area contributed by atoms with E-state index in [1.54, 1.807) is 36.4 Å². The van der Waals surface area contributed by atoms with Gasteiger partial charge in [-0.15, -0.1) is 0 Å². The zero-order chi connectivity index (χ0) is 18.2. The Morgan fingerprint density at radius 1 is 1.24 bits per heavy atom. The Kier molecular flexibility index (Phi) is 6.71. The van der Waals surface area contributed by atoms with Crippen molar-refractivity contribution in [3.05, 3.63) is 76.6 Å². The Balaban J connectivity index is 2.10. The standard InChI is InChI=1S/C19H17ClFNO3/c1-25-19(24)12-17(14-6-8-15(20)9-7-14)22-18(23)10-5-13-3-2-4-16(21)11-13/h2-11,17H,12H2,1H3,(H,22,23). The summed E-state index contributed by atoms with van der Waals surface area (Å²) in [6, 6.07) is 12.1. The van der Waals surface area contributed by atoms with Gasteiger partial charge < -0.3 is 10.1 Å². The number of hydrogen-bond donors (Lipinski definition) is 1. The van der Waals surface area contributed by atoms with Crippen LogP contribution in [0.15, 0.2) is 54.6 Å². The Bertz CT molecular complexity index is 774. The first kappa shape index (κ1) is 18.7. The smallest absolute Gasteiger partial charge is 0.307 e. The molecule has 1 N–H and O–H groups in total. The SMILES string of the molecule is COC(=O)CC(NC(=O)C=Cc1cccc(F)c1)c1ccc(Cl)cc1. The minimum absolute atomic E-state index is 0.0162. The topological polar surface area (TPSA) is 55.4 Å². The number of ether oxygens (including phenoxy) is 1. The second-order valence-electron chi connectivity index (χ2n) is 5.28. The van der Waals surface area contributed by atoms with Crippen LogP contribution < -0.4 is 5.32 Å². The fraction of sp³-hybridized carbons (Fsp3) is 0.158. The maximum Gasteiger partial charge on any atom is 0.307 e. The summed E-state index contributed by atoms with van der Waals surface area (Å²) in [5, 5.41) is 3.29. The van der Waals surface area contributed by atoms with E-state index in [4.69, 9.17) is 11.6 Å². The Morgan fingerprint density at radius 2 is 1.96 bits per heavy atom. The van der Waals surface area contributed by atoms with Gasteiger partial charge in [0.05, 0.1) is 19.6 Å². The average Bonchev–Trinajstić information content (AvgIpc) is 2.60. The van der Waals surface area contributed by atoms with Gasteiger partial charge in [-0.1, -0.05) is 35.9 Å². The van der Waals surface area contributed by atoms with Crippen LogP contribution in [0.4, 0.5) is 4.39 Å². The van der Waals surface area contributed by atoms with Crippen LogP contribution >= 0.6 is 11.6 Å². The number of carbonyl (C=O) groups excluding carboxylic acids is 2. The lowest BCUT2D eigenvalue weighted by Crippen LogP contribution is -2.29. The van der Waals surface area contributed by atoms with E-state index in [0.29, 0.717) is 10.6 Å². The van der Waals surface area contributed by atoms with E-state index in [2.05, 4.69) is 10.1 Å². The average molecular weight is 362 g/mol. The normalized spacial score (nSPS) is 12.0. The van der Waals surface area contributed by atoms with Crippen molar-refractivity contribution in [2.24, 2.45) is 0 Å². The minimum Gasteiger partial charge on any atom is -0.469 e. The molecule has 0 radical (unpaired) electrons. The molecule has 0 aromatic heterocycles. The summed E-state index contributed by atoms with van der Waals surface area (Å²) in [6.07, 6.45) is 2.77. The molecule has 1 atom stereocenters. The summed E-state index contributed by atoms with van der Waals surface area (Å²) in [7, 11) is 1.28. The van der Waals surface area contributed by atoms with Gasteiger partial charge in [-0.2, -0.15) is 0 Å². The molecule has 0 fully saturated rings. The molecule has 0 aliphatic carbocycles. The third-order valence-corrected chi connectivity index (χ3v) is 3.72. The Hall–Kier alpha value is -2.66. The number of amides is 1. The van der Waals surface area contributed by atoms with Crippen molar-refractivity contribution >= 4 is 29.6 Å². The summed E-state index contributed by atoms with van der Waals surface area (Å²) in [5.74, 6) is -1.24. The van der Waals surface area contributed by atoms with Crippen LogP contribution in [0.3, 0.4) is 0 Å². The molecule has 0 bridgehead atoms. The molecule has 0 saturated heterocycles. The van der Waals surface area contributed by atoms with Crippen molar-refractivity contribution in [3.8, 4) is 0 Å². The number of esters is 1. The molecule has 4 nitrogen and oxygen atoms in total. The molecule has 0 heterocycles. The number of methoxy groups -OCH3 is 1. The molecule has 0 aliphatic rings. The highest BCUT2D eigenvalue weighted by Gasteiger charge is 2.18. The monoisotopic (exact) mass is 361 g/mol. The van der Waals surface area contributed by atoms with E-state index in [1.165, 1.54) is 31.4 Å². The number of halogens is 2. The zero-order valence-electron chi connectivity index (χ0n) is 13.5. The lowest BCUT2D eigenvalue weighted by atomic mass is 10.0. The molecular formula is C19H17ClFNO3. The predicted molar refractivity (Wildman–Crippen MR) is 94.4 cm³/mol. The minimum atomic E-state index is -0.561. The summed E-state index contributed by atoms with van der Waals surface area (Å²) in [5.41, 5.74) is 1.29. The lowest BCUT2D eigenvalue weighted by Gasteiger charge is -2.17. The first-order valence-corrected chi connectivity index (χ1v) is 7.92. The lowest BCUT2D eigenvalue weighted by molar-refractivity contribution is -0.141. The molecule has 2 aromatic carbocycles. The number of nitrogens with one attached hydrogen (secondary N) is 1. The highest BCUT2D eigenvalue weighted by atomic mass is 35.5. The largest absolute Gasteiger partial charge is 0.469 e. The molecule has 2 aromatic rings. The van der Waals surface area contributed by atoms with Gasteiger partial charge in [-0.25, -0.2) is 4.39 Å². The van der Waals surface area contributed by atoms with Crippen molar-refractivity contribution in [2.75, 3.05) is 7.11 Å². The third kappa shape index (κ3) is 6.04. The maximum atomic E-state index is 13.1. The molecule has 0 saturated carbocycles. The highest BCUT2D eigenvalue weighted by molar-refractivity contribution is 6.30. The number of rotatable bonds is 6. The number of carbonyl (C=O) groups is 2. The Labute approximate surface area is 150 Å². The number of hydrogen-bond acceptors (Lipinski definition) is 3. The van der Waals surface area contributed by atoms with E-state index in [9.17, 15) is 14.0 Å². The predicted octanol–water partition coefficient (Wildman–Crippen LogP) is 3.91. The molecule has 130 valence electrons. The summed E-state index contributed by atoms with van der Waals surface area (Å²) < 4.78 is 17.8. The molecule has 0 spiro atoms. The molecule has 25 heavy (non-hydrogen) atoms. The zero-order valence-corrected chi connectivity index (χ0v) is 14.3. The highest BCUT2D eigenvalue weighted by Crippen LogP contribution is 2.20. The molecule has 0 aliphatic heterocycles. The van der Waals surface area contributed by atoms with E-state index in [0.717, 1.165) is 5.56 Å². The first-order chi connectivity index (χ1) is 12.0. The third-order valence-electron chi connectivity index (χ3n) is 3.46. The van der Waals surface area contributed by atoms with Crippen LogP contribution in [0.25, 0.3) is 6.08 Å². The summed E-state index contributed by atoms with van der Waals surface area (Å²) in [4.78, 5) is 23.8. The summed E-state index contributed by atoms with van der Waals surface area (Å²) in [6.45, 7) is 0.